The van der Waals surface area contributed by atoms with Crippen LogP contribution in [0.2, 0.25) is 0 Å². The third kappa shape index (κ3) is 1.97. The molecule has 0 unspecified atom stereocenters. The molecule has 0 aliphatic carbocycles. The van der Waals surface area contributed by atoms with Crippen LogP contribution in [0.15, 0.2) is 30.3 Å². The van der Waals surface area contributed by atoms with Crippen LogP contribution >= 0.6 is 11.3 Å². The Kier molecular flexibility index (Phi) is 3.01. The van der Waals surface area contributed by atoms with Gasteiger partial charge in [0.25, 0.3) is 0 Å². The van der Waals surface area contributed by atoms with Crippen LogP contribution in [0.3, 0.4) is 0 Å². The zero-order chi connectivity index (χ0) is 12.4. The lowest BCUT2D eigenvalue weighted by Crippen LogP contribution is -1.97. The van der Waals surface area contributed by atoms with Crippen LogP contribution in [0, 0.1) is 0 Å². The van der Waals surface area contributed by atoms with Crippen molar-refractivity contribution in [2.75, 3.05) is 7.11 Å². The zero-order valence-corrected chi connectivity index (χ0v) is 9.82. The first-order valence-electron chi connectivity index (χ1n) is 4.83. The summed E-state index contributed by atoms with van der Waals surface area (Å²) in [6.45, 7) is 0. The summed E-state index contributed by atoms with van der Waals surface area (Å²) in [5.41, 5.74) is 0.737. The minimum absolute atomic E-state index is 0.00357. The lowest BCUT2D eigenvalue weighted by atomic mass is 10.2. The van der Waals surface area contributed by atoms with Crippen molar-refractivity contribution in [3.63, 3.8) is 0 Å². The van der Waals surface area contributed by atoms with Crippen molar-refractivity contribution in [1.82, 2.24) is 0 Å². The lowest BCUT2D eigenvalue weighted by Gasteiger charge is -1.96. The molecule has 1 aromatic carbocycles. The molecule has 17 heavy (non-hydrogen) atoms. The number of methoxy groups -OCH3 is 1. The second-order valence-corrected chi connectivity index (χ2v) is 4.34. The SMILES string of the molecule is COC(=O)c1sc(-c2ccccc2)c(O)c1O. The molecule has 0 spiro atoms. The molecule has 2 N–H and O–H groups in total. The van der Waals surface area contributed by atoms with Crippen molar-refractivity contribution in [1.29, 1.82) is 0 Å². The first-order valence-corrected chi connectivity index (χ1v) is 5.65. The summed E-state index contributed by atoms with van der Waals surface area (Å²) >= 11 is 0.997. The topological polar surface area (TPSA) is 66.8 Å². The molecule has 0 radical (unpaired) electrons. The minimum atomic E-state index is -0.662. The molecule has 0 bridgehead atoms. The summed E-state index contributed by atoms with van der Waals surface area (Å²) < 4.78 is 4.52. The molecule has 0 fully saturated rings. The predicted molar refractivity (Wildman–Crippen MR) is 64.4 cm³/mol. The van der Waals surface area contributed by atoms with Gasteiger partial charge in [-0.2, -0.15) is 0 Å². The Labute approximate surface area is 102 Å². The van der Waals surface area contributed by atoms with E-state index in [1.54, 1.807) is 12.1 Å². The fraction of sp³-hybridized carbons (Fsp3) is 0.0833. The Morgan fingerprint density at radius 1 is 1.18 bits per heavy atom. The Hall–Kier alpha value is -2.01. The van der Waals surface area contributed by atoms with Gasteiger partial charge in [0.15, 0.2) is 16.4 Å². The van der Waals surface area contributed by atoms with E-state index in [9.17, 15) is 15.0 Å². The first kappa shape index (κ1) is 11.5. The lowest BCUT2D eigenvalue weighted by molar-refractivity contribution is 0.0603. The van der Waals surface area contributed by atoms with Gasteiger partial charge in [-0.15, -0.1) is 11.3 Å². The van der Waals surface area contributed by atoms with E-state index in [1.165, 1.54) is 7.11 Å². The molecule has 1 heterocycles. The van der Waals surface area contributed by atoms with E-state index in [4.69, 9.17) is 0 Å². The van der Waals surface area contributed by atoms with E-state index in [0.29, 0.717) is 4.88 Å². The summed E-state index contributed by atoms with van der Waals surface area (Å²) in [6.07, 6.45) is 0. The number of carbonyl (C=O) groups is 1. The number of ether oxygens (including phenoxy) is 1. The highest BCUT2D eigenvalue weighted by Crippen LogP contribution is 2.46. The number of thiophene rings is 1. The summed E-state index contributed by atoms with van der Waals surface area (Å²) in [4.78, 5) is 11.8. The smallest absolute Gasteiger partial charge is 0.352 e. The van der Waals surface area contributed by atoms with E-state index < -0.39 is 11.7 Å². The first-order chi connectivity index (χ1) is 8.15. The summed E-state index contributed by atoms with van der Waals surface area (Å²) in [5.74, 6) is -1.38. The van der Waals surface area contributed by atoms with Gasteiger partial charge in [-0.3, -0.25) is 0 Å². The Morgan fingerprint density at radius 3 is 2.41 bits per heavy atom. The highest BCUT2D eigenvalue weighted by atomic mass is 32.1. The van der Waals surface area contributed by atoms with E-state index in [-0.39, 0.29) is 10.6 Å². The molecule has 2 rings (SSSR count). The third-order valence-electron chi connectivity index (χ3n) is 2.27. The standard InChI is InChI=1S/C12H10O4S/c1-16-12(15)11-9(14)8(13)10(17-11)7-5-3-2-4-6-7/h2-6,13-14H,1H3. The molecule has 0 saturated heterocycles. The Bertz CT molecular complexity index is 545. The van der Waals surface area contributed by atoms with E-state index in [1.807, 2.05) is 18.2 Å². The maximum absolute atomic E-state index is 11.3. The average molecular weight is 250 g/mol. The van der Waals surface area contributed by atoms with Crippen LogP contribution in [0.4, 0.5) is 0 Å². The molecule has 0 amide bonds. The highest BCUT2D eigenvalue weighted by Gasteiger charge is 2.23. The van der Waals surface area contributed by atoms with Crippen molar-refractivity contribution < 1.29 is 19.7 Å². The van der Waals surface area contributed by atoms with E-state index in [2.05, 4.69) is 4.74 Å². The molecule has 0 saturated carbocycles. The van der Waals surface area contributed by atoms with Gasteiger partial charge in [-0.1, -0.05) is 30.3 Å². The molecule has 0 atom stereocenters. The van der Waals surface area contributed by atoms with Gasteiger partial charge in [-0.25, -0.2) is 4.79 Å². The van der Waals surface area contributed by atoms with Gasteiger partial charge in [0.2, 0.25) is 0 Å². The molecular formula is C12H10O4S. The number of esters is 1. The van der Waals surface area contributed by atoms with Gasteiger partial charge in [0.05, 0.1) is 12.0 Å². The molecule has 2 aromatic rings. The molecule has 88 valence electrons. The largest absolute Gasteiger partial charge is 0.503 e. The zero-order valence-electron chi connectivity index (χ0n) is 9.01. The number of carbonyl (C=O) groups excluding carboxylic acids is 1. The van der Waals surface area contributed by atoms with Crippen LogP contribution in [-0.4, -0.2) is 23.3 Å². The fourth-order valence-electron chi connectivity index (χ4n) is 1.43. The second-order valence-electron chi connectivity index (χ2n) is 3.32. The molecular weight excluding hydrogens is 240 g/mol. The fourth-order valence-corrected chi connectivity index (χ4v) is 2.44. The van der Waals surface area contributed by atoms with Crippen LogP contribution in [0.1, 0.15) is 9.67 Å². The molecule has 0 aliphatic rings. The highest BCUT2D eigenvalue weighted by molar-refractivity contribution is 7.18. The number of hydrogen-bond acceptors (Lipinski definition) is 5. The molecule has 0 aliphatic heterocycles. The maximum atomic E-state index is 11.3. The van der Waals surface area contributed by atoms with Crippen LogP contribution in [0.25, 0.3) is 10.4 Å². The normalized spacial score (nSPS) is 10.2. The van der Waals surface area contributed by atoms with Crippen molar-refractivity contribution in [2.45, 2.75) is 0 Å². The minimum Gasteiger partial charge on any atom is -0.503 e. The number of aromatic hydroxyl groups is 2. The van der Waals surface area contributed by atoms with Gasteiger partial charge in [0, 0.05) is 0 Å². The predicted octanol–water partition coefficient (Wildman–Crippen LogP) is 2.61. The summed E-state index contributed by atoms with van der Waals surface area (Å²) in [5, 5.41) is 19.4. The monoisotopic (exact) mass is 250 g/mol. The molecule has 4 nitrogen and oxygen atoms in total. The van der Waals surface area contributed by atoms with Crippen molar-refractivity contribution >= 4 is 17.3 Å². The van der Waals surface area contributed by atoms with Gasteiger partial charge >= 0.3 is 5.97 Å². The van der Waals surface area contributed by atoms with Crippen LogP contribution < -0.4 is 0 Å². The van der Waals surface area contributed by atoms with E-state index >= 15 is 0 Å². The third-order valence-corrected chi connectivity index (χ3v) is 3.46. The number of hydrogen-bond donors (Lipinski definition) is 2. The van der Waals surface area contributed by atoms with Gasteiger partial charge in [-0.05, 0) is 5.56 Å². The van der Waals surface area contributed by atoms with Crippen LogP contribution in [0.5, 0.6) is 11.5 Å². The maximum Gasteiger partial charge on any atom is 0.352 e. The van der Waals surface area contributed by atoms with E-state index in [0.717, 1.165) is 16.9 Å². The Morgan fingerprint density at radius 2 is 1.82 bits per heavy atom. The summed E-state index contributed by atoms with van der Waals surface area (Å²) in [6, 6.07) is 9.03. The number of rotatable bonds is 2. The quantitative estimate of drug-likeness (QED) is 0.804. The molecule has 1 aromatic heterocycles. The second kappa shape index (κ2) is 4.47. The van der Waals surface area contributed by atoms with Gasteiger partial charge in [0.1, 0.15) is 0 Å². The summed E-state index contributed by atoms with van der Waals surface area (Å²) in [7, 11) is 1.22. The van der Waals surface area contributed by atoms with Crippen molar-refractivity contribution in [2.24, 2.45) is 0 Å². The van der Waals surface area contributed by atoms with Crippen molar-refractivity contribution in [3.05, 3.63) is 35.2 Å². The van der Waals surface area contributed by atoms with Gasteiger partial charge < -0.3 is 14.9 Å². The number of benzene rings is 1. The Balaban J connectivity index is 2.54. The van der Waals surface area contributed by atoms with Crippen molar-refractivity contribution in [3.8, 4) is 21.9 Å². The average Bonchev–Trinajstić information content (AvgIpc) is 2.67. The van der Waals surface area contributed by atoms with Crippen LogP contribution in [-0.2, 0) is 4.74 Å². The molecule has 5 heteroatoms.